The van der Waals surface area contributed by atoms with Crippen molar-refractivity contribution in [2.24, 2.45) is 0 Å². The molecule has 2 saturated heterocycles. The number of hydrogen-bond acceptors (Lipinski definition) is 7. The summed E-state index contributed by atoms with van der Waals surface area (Å²) in [6.45, 7) is 1.99. The molecule has 2 fully saturated rings. The summed E-state index contributed by atoms with van der Waals surface area (Å²) in [7, 11) is 1.58. The van der Waals surface area contributed by atoms with Crippen molar-refractivity contribution in [3.05, 3.63) is 65.7 Å². The molecule has 0 saturated carbocycles. The number of amides is 2. The zero-order chi connectivity index (χ0) is 27.1. The number of carbonyl (C=O) groups is 3. The lowest BCUT2D eigenvalue weighted by Crippen LogP contribution is -2.58. The fourth-order valence-electron chi connectivity index (χ4n) is 4.80. The van der Waals surface area contributed by atoms with Crippen molar-refractivity contribution < 1.29 is 29.0 Å². The van der Waals surface area contributed by atoms with Gasteiger partial charge in [-0.1, -0.05) is 42.5 Å². The van der Waals surface area contributed by atoms with Crippen molar-refractivity contribution in [1.82, 2.24) is 16.0 Å². The van der Waals surface area contributed by atoms with Gasteiger partial charge in [0.15, 0.2) is 5.78 Å². The van der Waals surface area contributed by atoms with E-state index in [-0.39, 0.29) is 30.8 Å². The van der Waals surface area contributed by atoms with Gasteiger partial charge >= 0.3 is 0 Å². The number of piperidine rings is 1. The average molecular weight is 524 g/mol. The molecule has 5 atom stereocenters. The van der Waals surface area contributed by atoms with Crippen LogP contribution in [0.2, 0.25) is 0 Å². The molecule has 5 unspecified atom stereocenters. The van der Waals surface area contributed by atoms with Crippen molar-refractivity contribution in [1.29, 1.82) is 0 Å². The lowest BCUT2D eigenvalue weighted by atomic mass is 9.94. The van der Waals surface area contributed by atoms with E-state index in [1.54, 1.807) is 26.2 Å². The first-order chi connectivity index (χ1) is 18.3. The molecule has 0 radical (unpaired) electrons. The van der Waals surface area contributed by atoms with Gasteiger partial charge in [-0.05, 0) is 55.9 Å². The number of epoxide rings is 1. The highest BCUT2D eigenvalue weighted by molar-refractivity contribution is 5.98. The van der Waals surface area contributed by atoms with Gasteiger partial charge in [-0.3, -0.25) is 14.4 Å². The number of Topliss-reactive ketones (excluding diaryl/α,β-unsaturated/α-hetero) is 1. The van der Waals surface area contributed by atoms with Crippen LogP contribution in [-0.2, 0) is 32.0 Å². The van der Waals surface area contributed by atoms with E-state index in [1.807, 2.05) is 42.5 Å². The molecule has 0 bridgehead atoms. The highest BCUT2D eigenvalue weighted by Crippen LogP contribution is 2.29. The normalized spacial score (nSPS) is 24.1. The maximum absolute atomic E-state index is 13.7. The first kappa shape index (κ1) is 27.8. The third-order valence-corrected chi connectivity index (χ3v) is 7.27. The fraction of sp³-hybridized carbons (Fsp3) is 0.483. The minimum absolute atomic E-state index is 0.0519. The van der Waals surface area contributed by atoms with Crippen LogP contribution < -0.4 is 20.7 Å². The monoisotopic (exact) mass is 523 g/mol. The summed E-state index contributed by atoms with van der Waals surface area (Å²) in [5.41, 5.74) is 0.833. The predicted octanol–water partition coefficient (Wildman–Crippen LogP) is 1.31. The van der Waals surface area contributed by atoms with Gasteiger partial charge in [-0.2, -0.15) is 0 Å². The van der Waals surface area contributed by atoms with Crippen LogP contribution in [0.5, 0.6) is 5.75 Å². The van der Waals surface area contributed by atoms with Gasteiger partial charge in [0, 0.05) is 12.5 Å². The van der Waals surface area contributed by atoms with E-state index in [9.17, 15) is 19.5 Å². The predicted molar refractivity (Wildman–Crippen MR) is 142 cm³/mol. The molecule has 2 aliphatic heterocycles. The van der Waals surface area contributed by atoms with Crippen LogP contribution in [0.25, 0.3) is 0 Å². The van der Waals surface area contributed by atoms with Gasteiger partial charge in [-0.25, -0.2) is 0 Å². The van der Waals surface area contributed by atoms with Gasteiger partial charge in [0.25, 0.3) is 0 Å². The highest BCUT2D eigenvalue weighted by atomic mass is 16.6. The maximum Gasteiger partial charge on any atom is 0.243 e. The summed E-state index contributed by atoms with van der Waals surface area (Å²) in [6, 6.07) is 14.4. The van der Waals surface area contributed by atoms with E-state index in [4.69, 9.17) is 9.47 Å². The Morgan fingerprint density at radius 1 is 1.03 bits per heavy atom. The Balaban J connectivity index is 1.52. The number of nitrogens with one attached hydrogen (secondary N) is 3. The van der Waals surface area contributed by atoms with Crippen LogP contribution in [0, 0.1) is 0 Å². The van der Waals surface area contributed by atoms with Crippen LogP contribution in [0.4, 0.5) is 0 Å². The molecule has 2 heterocycles. The first-order valence-corrected chi connectivity index (χ1v) is 13.1. The Labute approximate surface area is 223 Å². The van der Waals surface area contributed by atoms with Crippen molar-refractivity contribution >= 4 is 17.6 Å². The molecule has 0 aliphatic carbocycles. The lowest BCUT2D eigenvalue weighted by molar-refractivity contribution is -0.133. The third-order valence-electron chi connectivity index (χ3n) is 7.27. The summed E-state index contributed by atoms with van der Waals surface area (Å²) in [6.07, 6.45) is 2.76. The number of methoxy groups -OCH3 is 1. The summed E-state index contributed by atoms with van der Waals surface area (Å²) < 4.78 is 10.6. The minimum atomic E-state index is -0.911. The second-order valence-corrected chi connectivity index (χ2v) is 10.3. The smallest absolute Gasteiger partial charge is 0.243 e. The van der Waals surface area contributed by atoms with Gasteiger partial charge in [0.2, 0.25) is 11.8 Å². The number of aliphatic hydroxyl groups is 1. The van der Waals surface area contributed by atoms with Gasteiger partial charge < -0.3 is 30.5 Å². The number of benzene rings is 2. The fourth-order valence-corrected chi connectivity index (χ4v) is 4.80. The summed E-state index contributed by atoms with van der Waals surface area (Å²) in [4.78, 5) is 40.1. The topological polar surface area (TPSA) is 129 Å². The van der Waals surface area contributed by atoms with E-state index < -0.39 is 29.6 Å². The highest BCUT2D eigenvalue weighted by Gasteiger charge is 2.50. The van der Waals surface area contributed by atoms with Gasteiger partial charge in [0.05, 0.1) is 32.4 Å². The summed E-state index contributed by atoms with van der Waals surface area (Å²) in [5, 5.41) is 18.5. The Kier molecular flexibility index (Phi) is 9.14. The molecule has 9 nitrogen and oxygen atoms in total. The Bertz CT molecular complexity index is 1100. The molecular formula is C29H37N3O6. The second kappa shape index (κ2) is 12.5. The van der Waals surface area contributed by atoms with Crippen molar-refractivity contribution in [3.63, 3.8) is 0 Å². The molecule has 38 heavy (non-hydrogen) atoms. The number of rotatable bonds is 12. The zero-order valence-corrected chi connectivity index (χ0v) is 21.9. The standard InChI is InChI=1S/C29H37N3O6/c1-29(18-38-29)26(34)24(15-19-7-4-3-5-8-19)31-28(36)25(16-20-11-13-22(37-2)14-12-20)32-27(35)23-10-6-9-21(17-33)30-23/h3-5,7-8,11-14,21,23-25,30,33H,6,9-10,15-18H2,1-2H3,(H,31,36)(H,32,35). The van der Waals surface area contributed by atoms with Crippen molar-refractivity contribution in [3.8, 4) is 5.75 Å². The number of carbonyl (C=O) groups excluding carboxylic acids is 3. The Morgan fingerprint density at radius 3 is 2.32 bits per heavy atom. The second-order valence-electron chi connectivity index (χ2n) is 10.3. The minimum Gasteiger partial charge on any atom is -0.497 e. The van der Waals surface area contributed by atoms with E-state index in [0.29, 0.717) is 25.2 Å². The van der Waals surface area contributed by atoms with E-state index in [1.165, 1.54) is 0 Å². The number of ketones is 1. The van der Waals surface area contributed by atoms with Crippen LogP contribution in [0.1, 0.15) is 37.3 Å². The average Bonchev–Trinajstić information content (AvgIpc) is 3.71. The van der Waals surface area contributed by atoms with Gasteiger partial charge in [-0.15, -0.1) is 0 Å². The largest absolute Gasteiger partial charge is 0.497 e. The number of hydrogen-bond donors (Lipinski definition) is 4. The summed E-state index contributed by atoms with van der Waals surface area (Å²) in [5.74, 6) is -0.252. The van der Waals surface area contributed by atoms with E-state index in [2.05, 4.69) is 16.0 Å². The van der Waals surface area contributed by atoms with E-state index in [0.717, 1.165) is 24.0 Å². The quantitative estimate of drug-likeness (QED) is 0.309. The number of ether oxygens (including phenoxy) is 2. The Morgan fingerprint density at radius 2 is 1.68 bits per heavy atom. The van der Waals surface area contributed by atoms with Crippen LogP contribution >= 0.6 is 0 Å². The number of aliphatic hydroxyl groups excluding tert-OH is 1. The zero-order valence-electron chi connectivity index (χ0n) is 21.9. The molecule has 2 amide bonds. The van der Waals surface area contributed by atoms with Crippen molar-refractivity contribution in [2.45, 2.75) is 68.8 Å². The molecule has 4 rings (SSSR count). The molecule has 4 N–H and O–H groups in total. The Hall–Kier alpha value is -3.27. The summed E-state index contributed by atoms with van der Waals surface area (Å²) >= 11 is 0. The third kappa shape index (κ3) is 7.18. The first-order valence-electron chi connectivity index (χ1n) is 13.1. The SMILES string of the molecule is COc1ccc(CC(NC(=O)C2CCCC(CO)N2)C(=O)NC(Cc2ccccc2)C(=O)C2(C)CO2)cc1. The molecule has 2 aliphatic rings. The molecule has 204 valence electrons. The molecule has 2 aromatic carbocycles. The van der Waals surface area contributed by atoms with Crippen LogP contribution in [0.15, 0.2) is 54.6 Å². The lowest BCUT2D eigenvalue weighted by Gasteiger charge is -2.31. The molecule has 0 aromatic heterocycles. The molecule has 2 aromatic rings. The van der Waals surface area contributed by atoms with Crippen LogP contribution in [-0.4, -0.2) is 72.8 Å². The van der Waals surface area contributed by atoms with Gasteiger partial charge in [0.1, 0.15) is 17.4 Å². The maximum atomic E-state index is 13.7. The van der Waals surface area contributed by atoms with E-state index >= 15 is 0 Å². The van der Waals surface area contributed by atoms with Crippen molar-refractivity contribution in [2.75, 3.05) is 20.3 Å². The molecule has 0 spiro atoms. The molecular weight excluding hydrogens is 486 g/mol. The van der Waals surface area contributed by atoms with Crippen LogP contribution in [0.3, 0.4) is 0 Å². The molecule has 9 heteroatoms.